The van der Waals surface area contributed by atoms with E-state index in [1.54, 1.807) is 13.0 Å². The van der Waals surface area contributed by atoms with Gasteiger partial charge in [0.1, 0.15) is 5.82 Å². The van der Waals surface area contributed by atoms with Crippen LogP contribution >= 0.6 is 0 Å². The molecule has 0 amide bonds. The number of halogens is 1. The Morgan fingerprint density at radius 1 is 1.50 bits per heavy atom. The van der Waals surface area contributed by atoms with Crippen molar-refractivity contribution >= 4 is 5.97 Å². The maximum Gasteiger partial charge on any atom is 0.308 e. The number of piperidine rings is 1. The van der Waals surface area contributed by atoms with Gasteiger partial charge >= 0.3 is 5.97 Å². The average molecular weight is 251 g/mol. The highest BCUT2D eigenvalue weighted by Gasteiger charge is 2.34. The second-order valence-electron chi connectivity index (χ2n) is 5.11. The zero-order valence-corrected chi connectivity index (χ0v) is 10.7. The lowest BCUT2D eigenvalue weighted by Gasteiger charge is -2.34. The minimum atomic E-state index is -0.799. The monoisotopic (exact) mass is 251 g/mol. The molecule has 2 rings (SSSR count). The quantitative estimate of drug-likeness (QED) is 0.876. The summed E-state index contributed by atoms with van der Waals surface area (Å²) in [5.41, 5.74) is 1.40. The molecule has 1 fully saturated rings. The number of hydrogen-bond donors (Lipinski definition) is 1. The first-order valence-corrected chi connectivity index (χ1v) is 6.16. The fraction of sp³-hybridized carbons (Fsp3) is 0.500. The molecule has 0 aliphatic carbocycles. The number of rotatable bonds is 2. The number of aryl methyl sites for hydroxylation is 1. The summed E-state index contributed by atoms with van der Waals surface area (Å²) in [5.74, 6) is -1.59. The molecule has 1 aliphatic rings. The summed E-state index contributed by atoms with van der Waals surface area (Å²) in [7, 11) is 1.92. The fourth-order valence-electron chi connectivity index (χ4n) is 2.60. The number of benzene rings is 1. The lowest BCUT2D eigenvalue weighted by molar-refractivity contribution is -0.144. The molecule has 0 saturated carbocycles. The van der Waals surface area contributed by atoms with E-state index >= 15 is 0 Å². The molecule has 0 aromatic heterocycles. The first kappa shape index (κ1) is 13.0. The zero-order valence-electron chi connectivity index (χ0n) is 10.7. The highest BCUT2D eigenvalue weighted by molar-refractivity contribution is 5.72. The Morgan fingerprint density at radius 3 is 2.83 bits per heavy atom. The molecule has 1 saturated heterocycles. The highest BCUT2D eigenvalue weighted by atomic mass is 19.1. The van der Waals surface area contributed by atoms with Crippen LogP contribution in [-0.4, -0.2) is 36.1 Å². The van der Waals surface area contributed by atoms with Gasteiger partial charge in [-0.2, -0.15) is 0 Å². The van der Waals surface area contributed by atoms with E-state index in [1.807, 2.05) is 18.0 Å². The number of carboxylic acids is 1. The Balaban J connectivity index is 2.29. The molecular weight excluding hydrogens is 233 g/mol. The van der Waals surface area contributed by atoms with Crippen molar-refractivity contribution in [2.24, 2.45) is 5.92 Å². The standard InChI is InChI=1S/C14H18FNO2/c1-9-3-4-10(7-13(9)15)11-5-6-16(2)8-12(11)14(17)18/h3-4,7,11-12H,5-6,8H2,1-2H3,(H,17,18). The minimum absolute atomic E-state index is 0.0891. The summed E-state index contributed by atoms with van der Waals surface area (Å²) in [6.07, 6.45) is 0.760. The Hall–Kier alpha value is -1.42. The van der Waals surface area contributed by atoms with E-state index in [1.165, 1.54) is 6.07 Å². The average Bonchev–Trinajstić information content (AvgIpc) is 2.32. The van der Waals surface area contributed by atoms with E-state index < -0.39 is 11.9 Å². The van der Waals surface area contributed by atoms with Gasteiger partial charge in [-0.05, 0) is 50.0 Å². The van der Waals surface area contributed by atoms with Gasteiger partial charge < -0.3 is 10.0 Å². The van der Waals surface area contributed by atoms with Crippen LogP contribution in [0.25, 0.3) is 0 Å². The molecule has 0 radical (unpaired) electrons. The van der Waals surface area contributed by atoms with Crippen LogP contribution in [0, 0.1) is 18.7 Å². The molecule has 98 valence electrons. The Bertz CT molecular complexity index is 461. The third-order valence-corrected chi connectivity index (χ3v) is 3.76. The van der Waals surface area contributed by atoms with Gasteiger partial charge in [0.15, 0.2) is 0 Å². The van der Waals surface area contributed by atoms with Crippen molar-refractivity contribution in [2.75, 3.05) is 20.1 Å². The first-order chi connectivity index (χ1) is 8.49. The highest BCUT2D eigenvalue weighted by Crippen LogP contribution is 2.33. The maximum absolute atomic E-state index is 13.6. The van der Waals surface area contributed by atoms with Crippen molar-refractivity contribution in [3.8, 4) is 0 Å². The van der Waals surface area contributed by atoms with E-state index in [4.69, 9.17) is 0 Å². The lowest BCUT2D eigenvalue weighted by Crippen LogP contribution is -2.40. The number of aliphatic carboxylic acids is 1. The van der Waals surface area contributed by atoms with Crippen LogP contribution in [0.1, 0.15) is 23.5 Å². The van der Waals surface area contributed by atoms with Gasteiger partial charge in [-0.15, -0.1) is 0 Å². The molecule has 2 unspecified atom stereocenters. The predicted octanol–water partition coefficient (Wildman–Crippen LogP) is 2.25. The summed E-state index contributed by atoms with van der Waals surface area (Å²) in [6, 6.07) is 5.06. The van der Waals surface area contributed by atoms with E-state index in [2.05, 4.69) is 0 Å². The smallest absolute Gasteiger partial charge is 0.308 e. The van der Waals surface area contributed by atoms with Crippen LogP contribution in [-0.2, 0) is 4.79 Å². The molecule has 0 spiro atoms. The number of carbonyl (C=O) groups is 1. The number of likely N-dealkylation sites (tertiary alicyclic amines) is 1. The Labute approximate surface area is 106 Å². The largest absolute Gasteiger partial charge is 0.481 e. The van der Waals surface area contributed by atoms with Gasteiger partial charge in [0, 0.05) is 6.54 Å². The summed E-state index contributed by atoms with van der Waals surface area (Å²) in [6.45, 7) is 3.09. The molecule has 18 heavy (non-hydrogen) atoms. The molecule has 2 atom stereocenters. The zero-order chi connectivity index (χ0) is 13.3. The van der Waals surface area contributed by atoms with Gasteiger partial charge in [0.05, 0.1) is 5.92 Å². The summed E-state index contributed by atoms with van der Waals surface area (Å²) in [5, 5.41) is 9.29. The van der Waals surface area contributed by atoms with Crippen LogP contribution in [0.5, 0.6) is 0 Å². The normalized spacial score (nSPS) is 25.1. The van der Waals surface area contributed by atoms with Gasteiger partial charge in [0.25, 0.3) is 0 Å². The van der Waals surface area contributed by atoms with Crippen molar-refractivity contribution in [1.29, 1.82) is 0 Å². The molecule has 0 bridgehead atoms. The molecule has 1 aliphatic heterocycles. The van der Waals surface area contributed by atoms with Gasteiger partial charge in [-0.1, -0.05) is 12.1 Å². The van der Waals surface area contributed by atoms with Gasteiger partial charge in [0.2, 0.25) is 0 Å². The second-order valence-corrected chi connectivity index (χ2v) is 5.11. The van der Waals surface area contributed by atoms with E-state index in [0.29, 0.717) is 12.1 Å². The molecule has 1 aromatic rings. The van der Waals surface area contributed by atoms with Gasteiger partial charge in [-0.25, -0.2) is 4.39 Å². The van der Waals surface area contributed by atoms with Crippen LogP contribution in [0.4, 0.5) is 4.39 Å². The molecule has 4 heteroatoms. The third kappa shape index (κ3) is 2.53. The predicted molar refractivity (Wildman–Crippen MR) is 67.1 cm³/mol. The molecular formula is C14H18FNO2. The van der Waals surface area contributed by atoms with Crippen molar-refractivity contribution in [1.82, 2.24) is 4.90 Å². The maximum atomic E-state index is 13.6. The Morgan fingerprint density at radius 2 is 2.22 bits per heavy atom. The van der Waals surface area contributed by atoms with Crippen molar-refractivity contribution in [3.63, 3.8) is 0 Å². The van der Waals surface area contributed by atoms with Gasteiger partial charge in [-0.3, -0.25) is 4.79 Å². The topological polar surface area (TPSA) is 40.5 Å². The molecule has 1 N–H and O–H groups in total. The summed E-state index contributed by atoms with van der Waals surface area (Å²) < 4.78 is 13.6. The van der Waals surface area contributed by atoms with Crippen molar-refractivity contribution in [3.05, 3.63) is 35.1 Å². The lowest BCUT2D eigenvalue weighted by atomic mass is 9.80. The Kier molecular flexibility index (Phi) is 3.66. The SMILES string of the molecule is Cc1ccc(C2CCN(C)CC2C(=O)O)cc1F. The number of hydrogen-bond acceptors (Lipinski definition) is 2. The summed E-state index contributed by atoms with van der Waals surface area (Å²) in [4.78, 5) is 13.3. The van der Waals surface area contributed by atoms with Crippen molar-refractivity contribution in [2.45, 2.75) is 19.3 Å². The number of nitrogens with zero attached hydrogens (tertiary/aromatic N) is 1. The first-order valence-electron chi connectivity index (χ1n) is 6.16. The molecule has 1 aromatic carbocycles. The van der Waals surface area contributed by atoms with Crippen LogP contribution < -0.4 is 0 Å². The number of carboxylic acid groups (broad SMARTS) is 1. The third-order valence-electron chi connectivity index (χ3n) is 3.76. The minimum Gasteiger partial charge on any atom is -0.481 e. The summed E-state index contributed by atoms with van der Waals surface area (Å²) >= 11 is 0. The molecule has 1 heterocycles. The van der Waals surface area contributed by atoms with E-state index in [-0.39, 0.29) is 11.7 Å². The van der Waals surface area contributed by atoms with Crippen molar-refractivity contribution < 1.29 is 14.3 Å². The van der Waals surface area contributed by atoms with Crippen LogP contribution in [0.2, 0.25) is 0 Å². The van der Waals surface area contributed by atoms with Crippen LogP contribution in [0.15, 0.2) is 18.2 Å². The van der Waals surface area contributed by atoms with E-state index in [9.17, 15) is 14.3 Å². The molecule has 3 nitrogen and oxygen atoms in total. The second kappa shape index (κ2) is 5.06. The van der Waals surface area contributed by atoms with Crippen LogP contribution in [0.3, 0.4) is 0 Å². The van der Waals surface area contributed by atoms with E-state index in [0.717, 1.165) is 18.5 Å². The fourth-order valence-corrected chi connectivity index (χ4v) is 2.60.